The first-order valence-corrected chi connectivity index (χ1v) is 11.0. The van der Waals surface area contributed by atoms with Gasteiger partial charge in [0.05, 0.1) is 9.95 Å². The molecular formula is C26H21ClN4O5. The van der Waals surface area contributed by atoms with Gasteiger partial charge in [0.2, 0.25) is 0 Å². The SMILES string of the molecule is Cc1ccc(NC(=O)COc2ccc(/C=C(/C#N)C(=O)Nc3cccc([N+](=O)[O-])c3)cc2Cl)c(C)c1. The molecule has 3 aromatic carbocycles. The Morgan fingerprint density at radius 3 is 2.56 bits per heavy atom. The number of rotatable bonds is 8. The van der Waals surface area contributed by atoms with Gasteiger partial charge in [-0.2, -0.15) is 5.26 Å². The third kappa shape index (κ3) is 6.91. The number of nitrogens with zero attached hydrogens (tertiary/aromatic N) is 2. The zero-order chi connectivity index (χ0) is 26.2. The lowest BCUT2D eigenvalue weighted by atomic mass is 10.1. The van der Waals surface area contributed by atoms with E-state index in [1.54, 1.807) is 12.1 Å². The van der Waals surface area contributed by atoms with E-state index in [0.717, 1.165) is 11.1 Å². The standard InChI is InChI=1S/C26H21ClN4O5/c1-16-6-8-23(17(2)10-16)30-25(32)15-36-24-9-7-18(12-22(24)27)11-19(14-28)26(33)29-20-4-3-5-21(13-20)31(34)35/h3-13H,15H2,1-2H3,(H,29,33)(H,30,32)/b19-11-. The van der Waals surface area contributed by atoms with E-state index in [4.69, 9.17) is 16.3 Å². The number of hydrogen-bond acceptors (Lipinski definition) is 6. The maximum atomic E-state index is 12.5. The molecule has 10 heteroatoms. The minimum atomic E-state index is -0.738. The summed E-state index contributed by atoms with van der Waals surface area (Å²) in [5.41, 5.74) is 2.89. The van der Waals surface area contributed by atoms with Crippen LogP contribution >= 0.6 is 11.6 Å². The van der Waals surface area contributed by atoms with E-state index in [0.29, 0.717) is 11.3 Å². The Bertz CT molecular complexity index is 1410. The normalized spacial score (nSPS) is 10.8. The molecule has 3 aromatic rings. The van der Waals surface area contributed by atoms with Crippen molar-refractivity contribution in [2.45, 2.75) is 13.8 Å². The second-order valence-corrected chi connectivity index (χ2v) is 8.18. The van der Waals surface area contributed by atoms with Gasteiger partial charge in [0.25, 0.3) is 17.5 Å². The molecule has 0 unspecified atom stereocenters. The number of halogens is 1. The maximum absolute atomic E-state index is 12.5. The highest BCUT2D eigenvalue weighted by Gasteiger charge is 2.13. The number of anilines is 2. The van der Waals surface area contributed by atoms with E-state index < -0.39 is 10.8 Å². The smallest absolute Gasteiger partial charge is 0.271 e. The number of hydrogen-bond donors (Lipinski definition) is 2. The number of carbonyl (C=O) groups is 2. The van der Waals surface area contributed by atoms with E-state index in [-0.39, 0.29) is 40.2 Å². The van der Waals surface area contributed by atoms with Crippen LogP contribution in [0.3, 0.4) is 0 Å². The fraction of sp³-hybridized carbons (Fsp3) is 0.115. The van der Waals surface area contributed by atoms with Crippen molar-refractivity contribution < 1.29 is 19.2 Å². The highest BCUT2D eigenvalue weighted by molar-refractivity contribution is 6.32. The summed E-state index contributed by atoms with van der Waals surface area (Å²) in [6, 6.07) is 17.4. The first-order chi connectivity index (χ1) is 17.2. The predicted octanol–water partition coefficient (Wildman–Crippen LogP) is 5.43. The molecule has 0 aliphatic rings. The summed E-state index contributed by atoms with van der Waals surface area (Å²) in [6.45, 7) is 3.59. The van der Waals surface area contributed by atoms with Crippen LogP contribution in [-0.4, -0.2) is 23.3 Å². The van der Waals surface area contributed by atoms with Crippen LogP contribution in [0.4, 0.5) is 17.1 Å². The first-order valence-electron chi connectivity index (χ1n) is 10.6. The molecule has 2 N–H and O–H groups in total. The van der Waals surface area contributed by atoms with Gasteiger partial charge in [-0.3, -0.25) is 19.7 Å². The molecule has 2 amide bonds. The van der Waals surface area contributed by atoms with E-state index in [1.165, 1.54) is 42.5 Å². The quantitative estimate of drug-likeness (QED) is 0.182. The zero-order valence-electron chi connectivity index (χ0n) is 19.4. The van der Waals surface area contributed by atoms with E-state index in [1.807, 2.05) is 32.0 Å². The van der Waals surface area contributed by atoms with Crippen LogP contribution in [-0.2, 0) is 9.59 Å². The van der Waals surface area contributed by atoms with Gasteiger partial charge in [-0.15, -0.1) is 0 Å². The molecule has 0 heterocycles. The fourth-order valence-corrected chi connectivity index (χ4v) is 3.46. The van der Waals surface area contributed by atoms with E-state index in [2.05, 4.69) is 10.6 Å². The van der Waals surface area contributed by atoms with Gasteiger partial charge < -0.3 is 15.4 Å². The van der Waals surface area contributed by atoms with Crippen LogP contribution in [0.5, 0.6) is 5.75 Å². The molecule has 0 aliphatic carbocycles. The van der Waals surface area contributed by atoms with Gasteiger partial charge in [-0.1, -0.05) is 41.4 Å². The third-order valence-corrected chi connectivity index (χ3v) is 5.26. The second-order valence-electron chi connectivity index (χ2n) is 7.78. The van der Waals surface area contributed by atoms with Crippen LogP contribution in [0, 0.1) is 35.3 Å². The van der Waals surface area contributed by atoms with Gasteiger partial charge in [0.1, 0.15) is 17.4 Å². The number of ether oxygens (including phenoxy) is 1. The number of nitro groups is 1. The number of non-ortho nitro benzene ring substituents is 1. The summed E-state index contributed by atoms with van der Waals surface area (Å²) in [5, 5.41) is 25.7. The van der Waals surface area contributed by atoms with Crippen LogP contribution in [0.2, 0.25) is 5.02 Å². The summed E-state index contributed by atoms with van der Waals surface area (Å²) in [6.07, 6.45) is 1.31. The van der Waals surface area contributed by atoms with Gasteiger partial charge in [-0.05, 0) is 55.3 Å². The summed E-state index contributed by atoms with van der Waals surface area (Å²) >= 11 is 6.27. The lowest BCUT2D eigenvalue weighted by molar-refractivity contribution is -0.384. The van der Waals surface area contributed by atoms with Crippen LogP contribution < -0.4 is 15.4 Å². The van der Waals surface area contributed by atoms with Gasteiger partial charge in [-0.25, -0.2) is 0 Å². The molecular weight excluding hydrogens is 484 g/mol. The Labute approximate surface area is 212 Å². The summed E-state index contributed by atoms with van der Waals surface area (Å²) in [5.74, 6) is -0.840. The summed E-state index contributed by atoms with van der Waals surface area (Å²) in [7, 11) is 0. The van der Waals surface area contributed by atoms with Crippen LogP contribution in [0.1, 0.15) is 16.7 Å². The number of carbonyl (C=O) groups excluding carboxylic acids is 2. The van der Waals surface area contributed by atoms with Crippen molar-refractivity contribution >= 4 is 46.6 Å². The largest absolute Gasteiger partial charge is 0.482 e. The van der Waals surface area contributed by atoms with Gasteiger partial charge in [0, 0.05) is 23.5 Å². The maximum Gasteiger partial charge on any atom is 0.271 e. The summed E-state index contributed by atoms with van der Waals surface area (Å²) in [4.78, 5) is 35.1. The number of nitrogens with one attached hydrogen (secondary N) is 2. The van der Waals surface area contributed by atoms with Crippen molar-refractivity contribution in [1.29, 1.82) is 5.26 Å². The number of amides is 2. The molecule has 0 atom stereocenters. The van der Waals surface area contributed by atoms with Gasteiger partial charge >= 0.3 is 0 Å². The molecule has 3 rings (SSSR count). The van der Waals surface area contributed by atoms with Crippen molar-refractivity contribution in [1.82, 2.24) is 0 Å². The zero-order valence-corrected chi connectivity index (χ0v) is 20.1. The average molecular weight is 505 g/mol. The third-order valence-electron chi connectivity index (χ3n) is 4.96. The average Bonchev–Trinajstić information content (AvgIpc) is 2.83. The molecule has 9 nitrogen and oxygen atoms in total. The highest BCUT2D eigenvalue weighted by Crippen LogP contribution is 2.27. The molecule has 0 fully saturated rings. The number of nitro benzene ring substituents is 1. The Morgan fingerprint density at radius 1 is 1.11 bits per heavy atom. The lowest BCUT2D eigenvalue weighted by Crippen LogP contribution is -2.20. The number of benzene rings is 3. The van der Waals surface area contributed by atoms with Crippen molar-refractivity contribution in [2.75, 3.05) is 17.2 Å². The molecule has 0 spiro atoms. The van der Waals surface area contributed by atoms with Crippen molar-refractivity contribution in [3.8, 4) is 11.8 Å². The van der Waals surface area contributed by atoms with Crippen LogP contribution in [0.25, 0.3) is 6.08 Å². The van der Waals surface area contributed by atoms with E-state index >= 15 is 0 Å². The lowest BCUT2D eigenvalue weighted by Gasteiger charge is -2.11. The Kier molecular flexibility index (Phi) is 8.39. The minimum absolute atomic E-state index is 0.177. The van der Waals surface area contributed by atoms with Crippen LogP contribution in [0.15, 0.2) is 66.2 Å². The molecule has 0 aliphatic heterocycles. The molecule has 0 bridgehead atoms. The number of nitriles is 1. The minimum Gasteiger partial charge on any atom is -0.482 e. The molecule has 0 saturated heterocycles. The second kappa shape index (κ2) is 11.6. The molecule has 0 saturated carbocycles. The van der Waals surface area contributed by atoms with Crippen molar-refractivity contribution in [3.63, 3.8) is 0 Å². The molecule has 0 radical (unpaired) electrons. The van der Waals surface area contributed by atoms with E-state index in [9.17, 15) is 25.0 Å². The Balaban J connectivity index is 1.65. The summed E-state index contributed by atoms with van der Waals surface area (Å²) < 4.78 is 5.51. The molecule has 0 aromatic heterocycles. The van der Waals surface area contributed by atoms with Gasteiger partial charge in [0.15, 0.2) is 6.61 Å². The predicted molar refractivity (Wildman–Crippen MR) is 137 cm³/mol. The topological polar surface area (TPSA) is 134 Å². The first kappa shape index (κ1) is 25.9. The van der Waals surface area contributed by atoms with Crippen molar-refractivity contribution in [2.24, 2.45) is 0 Å². The Morgan fingerprint density at radius 2 is 1.89 bits per heavy atom. The van der Waals surface area contributed by atoms with Crippen molar-refractivity contribution in [3.05, 3.63) is 98.1 Å². The molecule has 36 heavy (non-hydrogen) atoms. The fourth-order valence-electron chi connectivity index (χ4n) is 3.22. The Hall–Kier alpha value is -4.68. The monoisotopic (exact) mass is 504 g/mol. The number of aryl methyl sites for hydroxylation is 2. The molecule has 182 valence electrons. The highest BCUT2D eigenvalue weighted by atomic mass is 35.5.